The van der Waals surface area contributed by atoms with Crippen LogP contribution in [0.3, 0.4) is 0 Å². The lowest BCUT2D eigenvalue weighted by atomic mass is 9.86. The molecule has 1 aromatic carbocycles. The number of aliphatic hydroxyl groups is 1. The summed E-state index contributed by atoms with van der Waals surface area (Å²) in [6.07, 6.45) is -4.61. The average Bonchev–Trinajstić information content (AvgIpc) is 2.28. The standard InChI is InChI=1S/C12H11F3O2/c1-8-10(9-5-3-2-4-6-9)17-11(8,7-16)12(13,14)15/h2-6,16H,7H2,1H3. The van der Waals surface area contributed by atoms with Gasteiger partial charge in [0.05, 0.1) is 6.61 Å². The minimum atomic E-state index is -4.61. The van der Waals surface area contributed by atoms with Crippen molar-refractivity contribution in [3.8, 4) is 0 Å². The van der Waals surface area contributed by atoms with Crippen molar-refractivity contribution in [2.75, 3.05) is 6.61 Å². The smallest absolute Gasteiger partial charge is 0.434 e. The maximum absolute atomic E-state index is 12.8. The van der Waals surface area contributed by atoms with Crippen LogP contribution in [0, 0.1) is 0 Å². The highest BCUT2D eigenvalue weighted by molar-refractivity contribution is 5.70. The number of hydrogen-bond donors (Lipinski definition) is 1. The van der Waals surface area contributed by atoms with Gasteiger partial charge in [-0.3, -0.25) is 0 Å². The lowest BCUT2D eigenvalue weighted by molar-refractivity contribution is -0.265. The number of aliphatic hydroxyl groups excluding tert-OH is 1. The largest absolute Gasteiger partial charge is 0.470 e. The van der Waals surface area contributed by atoms with Crippen molar-refractivity contribution >= 4 is 5.76 Å². The van der Waals surface area contributed by atoms with Gasteiger partial charge in [-0.25, -0.2) is 0 Å². The fraction of sp³-hybridized carbons (Fsp3) is 0.333. The zero-order valence-electron chi connectivity index (χ0n) is 9.08. The zero-order chi connectivity index (χ0) is 12.7. The molecule has 1 N–H and O–H groups in total. The number of rotatable bonds is 2. The summed E-state index contributed by atoms with van der Waals surface area (Å²) < 4.78 is 43.2. The van der Waals surface area contributed by atoms with Crippen molar-refractivity contribution in [1.29, 1.82) is 0 Å². The van der Waals surface area contributed by atoms with E-state index in [1.165, 1.54) is 6.92 Å². The Morgan fingerprint density at radius 1 is 1.24 bits per heavy atom. The maximum Gasteiger partial charge on any atom is 0.434 e. The topological polar surface area (TPSA) is 29.5 Å². The highest BCUT2D eigenvalue weighted by atomic mass is 19.4. The van der Waals surface area contributed by atoms with Crippen LogP contribution in [0.15, 0.2) is 35.9 Å². The number of halogens is 3. The van der Waals surface area contributed by atoms with Crippen LogP contribution in [0.4, 0.5) is 13.2 Å². The van der Waals surface area contributed by atoms with Crippen LogP contribution in [0.2, 0.25) is 0 Å². The third kappa shape index (κ3) is 1.61. The number of alkyl halides is 3. The predicted octanol–water partition coefficient (Wildman–Crippen LogP) is 2.74. The molecule has 0 fully saturated rings. The van der Waals surface area contributed by atoms with E-state index in [0.717, 1.165) is 0 Å². The molecular formula is C12H11F3O2. The molecule has 5 heteroatoms. The van der Waals surface area contributed by atoms with Crippen molar-refractivity contribution in [3.63, 3.8) is 0 Å². The summed E-state index contributed by atoms with van der Waals surface area (Å²) in [5.74, 6) is 0.192. The molecule has 17 heavy (non-hydrogen) atoms. The first-order chi connectivity index (χ1) is 7.92. The van der Waals surface area contributed by atoms with E-state index < -0.39 is 18.4 Å². The Hall–Kier alpha value is -1.49. The van der Waals surface area contributed by atoms with E-state index in [0.29, 0.717) is 5.56 Å². The molecule has 2 nitrogen and oxygen atoms in total. The summed E-state index contributed by atoms with van der Waals surface area (Å²) >= 11 is 0. The van der Waals surface area contributed by atoms with Crippen LogP contribution in [-0.2, 0) is 4.74 Å². The third-order valence-electron chi connectivity index (χ3n) is 2.94. The Balaban J connectivity index is 2.40. The van der Waals surface area contributed by atoms with Gasteiger partial charge in [0.1, 0.15) is 5.76 Å². The Labute approximate surface area is 96.3 Å². The summed E-state index contributed by atoms with van der Waals surface area (Å²) in [5.41, 5.74) is -1.94. The molecule has 0 spiro atoms. The van der Waals surface area contributed by atoms with Crippen molar-refractivity contribution in [1.82, 2.24) is 0 Å². The van der Waals surface area contributed by atoms with Gasteiger partial charge in [0.25, 0.3) is 5.60 Å². The summed E-state index contributed by atoms with van der Waals surface area (Å²) in [4.78, 5) is 0. The predicted molar refractivity (Wildman–Crippen MR) is 56.0 cm³/mol. The Morgan fingerprint density at radius 2 is 1.82 bits per heavy atom. The summed E-state index contributed by atoms with van der Waals surface area (Å²) in [6, 6.07) is 8.52. The molecule has 1 aliphatic rings. The maximum atomic E-state index is 12.8. The van der Waals surface area contributed by atoms with Crippen LogP contribution in [0.1, 0.15) is 12.5 Å². The van der Waals surface area contributed by atoms with Gasteiger partial charge in [-0.1, -0.05) is 30.3 Å². The van der Waals surface area contributed by atoms with Crippen molar-refractivity contribution < 1.29 is 23.0 Å². The van der Waals surface area contributed by atoms with Gasteiger partial charge >= 0.3 is 6.18 Å². The molecule has 1 heterocycles. The van der Waals surface area contributed by atoms with Crippen LogP contribution >= 0.6 is 0 Å². The molecule has 1 atom stereocenters. The normalized spacial score (nSPS) is 24.3. The monoisotopic (exact) mass is 244 g/mol. The van der Waals surface area contributed by atoms with Gasteiger partial charge < -0.3 is 9.84 Å². The molecule has 0 saturated heterocycles. The molecule has 0 bridgehead atoms. The molecule has 1 aromatic rings. The minimum Gasteiger partial charge on any atom is -0.470 e. The van der Waals surface area contributed by atoms with Crippen LogP contribution < -0.4 is 0 Å². The minimum absolute atomic E-state index is 0.0127. The molecule has 0 amide bonds. The fourth-order valence-electron chi connectivity index (χ4n) is 1.84. The molecule has 0 saturated carbocycles. The van der Waals surface area contributed by atoms with Gasteiger partial charge in [-0.05, 0) is 6.92 Å². The molecule has 2 rings (SSSR count). The van der Waals surface area contributed by atoms with Crippen LogP contribution in [0.5, 0.6) is 0 Å². The number of hydrogen-bond acceptors (Lipinski definition) is 2. The molecule has 0 aromatic heterocycles. The van der Waals surface area contributed by atoms with E-state index in [4.69, 9.17) is 9.84 Å². The van der Waals surface area contributed by atoms with Gasteiger partial charge in [-0.2, -0.15) is 13.2 Å². The Kier molecular flexibility index (Phi) is 2.66. The fourth-order valence-corrected chi connectivity index (χ4v) is 1.84. The highest BCUT2D eigenvalue weighted by Gasteiger charge is 2.64. The van der Waals surface area contributed by atoms with Crippen LogP contribution in [0.25, 0.3) is 5.76 Å². The summed E-state index contributed by atoms with van der Waals surface area (Å²) in [5, 5.41) is 8.93. The van der Waals surface area contributed by atoms with Crippen molar-refractivity contribution in [2.45, 2.75) is 18.7 Å². The molecular weight excluding hydrogens is 233 g/mol. The second kappa shape index (κ2) is 3.77. The number of ether oxygens (including phenoxy) is 1. The Bertz CT molecular complexity index is 451. The van der Waals surface area contributed by atoms with E-state index in [1.54, 1.807) is 30.3 Å². The quantitative estimate of drug-likeness (QED) is 0.866. The molecule has 1 aliphatic heterocycles. The van der Waals surface area contributed by atoms with Gasteiger partial charge in [-0.15, -0.1) is 0 Å². The van der Waals surface area contributed by atoms with E-state index in [2.05, 4.69) is 0 Å². The average molecular weight is 244 g/mol. The van der Waals surface area contributed by atoms with Crippen molar-refractivity contribution in [2.24, 2.45) is 0 Å². The second-order valence-electron chi connectivity index (χ2n) is 3.91. The Morgan fingerprint density at radius 3 is 2.24 bits per heavy atom. The SMILES string of the molecule is CC1=C(c2ccccc2)OC1(CO)C(F)(F)F. The van der Waals surface area contributed by atoms with Gasteiger partial charge in [0.2, 0.25) is 0 Å². The van der Waals surface area contributed by atoms with Gasteiger partial charge in [0, 0.05) is 11.1 Å². The zero-order valence-corrected chi connectivity index (χ0v) is 9.08. The molecule has 0 aliphatic carbocycles. The van der Waals surface area contributed by atoms with E-state index in [-0.39, 0.29) is 11.3 Å². The second-order valence-corrected chi connectivity index (χ2v) is 3.91. The first kappa shape index (κ1) is 12.0. The van der Waals surface area contributed by atoms with Crippen molar-refractivity contribution in [3.05, 3.63) is 41.5 Å². The summed E-state index contributed by atoms with van der Waals surface area (Å²) in [6.45, 7) is 0.230. The lowest BCUT2D eigenvalue weighted by Crippen LogP contribution is -2.57. The molecule has 1 unspecified atom stereocenters. The molecule has 92 valence electrons. The first-order valence-electron chi connectivity index (χ1n) is 5.06. The van der Waals surface area contributed by atoms with E-state index in [9.17, 15) is 13.2 Å². The van der Waals surface area contributed by atoms with Crippen LogP contribution in [-0.4, -0.2) is 23.5 Å². The number of benzene rings is 1. The van der Waals surface area contributed by atoms with Gasteiger partial charge in [0.15, 0.2) is 0 Å². The van der Waals surface area contributed by atoms with E-state index in [1.807, 2.05) is 0 Å². The highest BCUT2D eigenvalue weighted by Crippen LogP contribution is 2.51. The first-order valence-corrected chi connectivity index (χ1v) is 5.06. The summed E-state index contributed by atoms with van der Waals surface area (Å²) in [7, 11) is 0. The van der Waals surface area contributed by atoms with E-state index >= 15 is 0 Å². The third-order valence-corrected chi connectivity index (χ3v) is 2.94. The molecule has 0 radical (unpaired) electrons. The lowest BCUT2D eigenvalue weighted by Gasteiger charge is -2.44.